The predicted molar refractivity (Wildman–Crippen MR) is 106 cm³/mol. The fourth-order valence-corrected chi connectivity index (χ4v) is 4.53. The van der Waals surface area contributed by atoms with Crippen LogP contribution in [0.5, 0.6) is 0 Å². The van der Waals surface area contributed by atoms with Crippen LogP contribution < -0.4 is 10.0 Å². The van der Waals surface area contributed by atoms with Crippen LogP contribution in [0.4, 0.5) is 5.69 Å². The Morgan fingerprint density at radius 1 is 1.00 bits per heavy atom. The molecule has 0 heterocycles. The molecule has 0 aliphatic carbocycles. The SMILES string of the molecule is CC(C)NS(=O)(=O)c1cc(C(=O)Nc2cccc(Cl)c2Cl)c(Cl)cc1Cl. The summed E-state index contributed by atoms with van der Waals surface area (Å²) in [6.45, 7) is 3.33. The van der Waals surface area contributed by atoms with Crippen LogP contribution in [0, 0.1) is 0 Å². The van der Waals surface area contributed by atoms with Gasteiger partial charge in [-0.1, -0.05) is 52.5 Å². The van der Waals surface area contributed by atoms with Crippen molar-refractivity contribution < 1.29 is 13.2 Å². The van der Waals surface area contributed by atoms with Gasteiger partial charge < -0.3 is 5.32 Å². The Labute approximate surface area is 171 Å². The van der Waals surface area contributed by atoms with Crippen LogP contribution >= 0.6 is 46.4 Å². The van der Waals surface area contributed by atoms with Crippen molar-refractivity contribution in [1.82, 2.24) is 4.72 Å². The minimum Gasteiger partial charge on any atom is -0.321 e. The lowest BCUT2D eigenvalue weighted by Crippen LogP contribution is -2.30. The van der Waals surface area contributed by atoms with Gasteiger partial charge in [-0.15, -0.1) is 0 Å². The highest BCUT2D eigenvalue weighted by Crippen LogP contribution is 2.32. The molecule has 0 spiro atoms. The van der Waals surface area contributed by atoms with Crippen LogP contribution in [0.25, 0.3) is 0 Å². The Bertz CT molecular complexity index is 962. The van der Waals surface area contributed by atoms with Crippen molar-refractivity contribution in [1.29, 1.82) is 0 Å². The van der Waals surface area contributed by atoms with Crippen molar-refractivity contribution >= 4 is 68.0 Å². The van der Waals surface area contributed by atoms with E-state index in [1.807, 2.05) is 0 Å². The maximum absolute atomic E-state index is 12.6. The van der Waals surface area contributed by atoms with Gasteiger partial charge in [0.1, 0.15) is 4.90 Å². The molecule has 0 unspecified atom stereocenters. The number of hydrogen-bond acceptors (Lipinski definition) is 3. The summed E-state index contributed by atoms with van der Waals surface area (Å²) in [5, 5.41) is 2.86. The molecular formula is C16H14Cl4N2O3S. The number of hydrogen-bond donors (Lipinski definition) is 2. The third-order valence-corrected chi connectivity index (χ3v) is 6.40. The van der Waals surface area contributed by atoms with Crippen LogP contribution in [0.2, 0.25) is 20.1 Å². The third kappa shape index (κ3) is 4.82. The minimum atomic E-state index is -3.92. The monoisotopic (exact) mass is 454 g/mol. The molecular weight excluding hydrogens is 442 g/mol. The highest BCUT2D eigenvalue weighted by Gasteiger charge is 2.23. The lowest BCUT2D eigenvalue weighted by Gasteiger charge is -2.14. The molecule has 0 aliphatic heterocycles. The molecule has 2 aromatic carbocycles. The summed E-state index contributed by atoms with van der Waals surface area (Å²) in [6.07, 6.45) is 0. The lowest BCUT2D eigenvalue weighted by molar-refractivity contribution is 0.102. The van der Waals surface area contributed by atoms with Crippen LogP contribution in [0.1, 0.15) is 24.2 Å². The zero-order chi connectivity index (χ0) is 19.6. The lowest BCUT2D eigenvalue weighted by atomic mass is 10.2. The molecule has 2 aromatic rings. The van der Waals surface area contributed by atoms with Gasteiger partial charge in [0.05, 0.1) is 31.3 Å². The molecule has 5 nitrogen and oxygen atoms in total. The quantitative estimate of drug-likeness (QED) is 0.647. The number of halogens is 4. The number of anilines is 1. The molecule has 26 heavy (non-hydrogen) atoms. The van der Waals surface area contributed by atoms with E-state index in [0.717, 1.165) is 6.07 Å². The van der Waals surface area contributed by atoms with E-state index in [1.165, 1.54) is 6.07 Å². The first-order valence-electron chi connectivity index (χ1n) is 7.29. The summed E-state index contributed by atoms with van der Waals surface area (Å²) in [5.74, 6) is -0.656. The average molecular weight is 456 g/mol. The summed E-state index contributed by atoms with van der Waals surface area (Å²) in [4.78, 5) is 12.3. The van der Waals surface area contributed by atoms with E-state index in [-0.39, 0.29) is 42.3 Å². The van der Waals surface area contributed by atoms with Gasteiger partial charge in [0.2, 0.25) is 10.0 Å². The Hall–Kier alpha value is -1.02. The summed E-state index contributed by atoms with van der Waals surface area (Å²) < 4.78 is 27.2. The fraction of sp³-hybridized carbons (Fsp3) is 0.188. The van der Waals surface area contributed by atoms with Gasteiger partial charge in [0.25, 0.3) is 5.91 Å². The largest absolute Gasteiger partial charge is 0.321 e. The number of amides is 1. The van der Waals surface area contributed by atoms with Gasteiger partial charge in [0.15, 0.2) is 0 Å². The van der Waals surface area contributed by atoms with E-state index in [4.69, 9.17) is 46.4 Å². The second-order valence-electron chi connectivity index (χ2n) is 5.59. The molecule has 0 aliphatic rings. The topological polar surface area (TPSA) is 75.3 Å². The van der Waals surface area contributed by atoms with Crippen LogP contribution in [-0.2, 0) is 10.0 Å². The normalized spacial score (nSPS) is 11.7. The van der Waals surface area contributed by atoms with E-state index < -0.39 is 15.9 Å². The van der Waals surface area contributed by atoms with Gasteiger partial charge in [-0.2, -0.15) is 0 Å². The number of rotatable bonds is 5. The molecule has 0 saturated carbocycles. The molecule has 0 atom stereocenters. The van der Waals surface area contributed by atoms with Gasteiger partial charge in [-0.05, 0) is 38.1 Å². The Kier molecular flexibility index (Phi) is 6.82. The minimum absolute atomic E-state index is 0.00542. The van der Waals surface area contributed by atoms with Crippen LogP contribution in [0.3, 0.4) is 0 Å². The molecule has 140 valence electrons. The Morgan fingerprint density at radius 2 is 1.65 bits per heavy atom. The number of benzene rings is 2. The van der Waals surface area contributed by atoms with Gasteiger partial charge >= 0.3 is 0 Å². The molecule has 0 bridgehead atoms. The van der Waals surface area contributed by atoms with Gasteiger partial charge in [0, 0.05) is 6.04 Å². The first-order chi connectivity index (χ1) is 12.0. The highest BCUT2D eigenvalue weighted by atomic mass is 35.5. The molecule has 2 N–H and O–H groups in total. The van der Waals surface area contributed by atoms with E-state index in [0.29, 0.717) is 0 Å². The maximum atomic E-state index is 12.6. The third-order valence-electron chi connectivity index (χ3n) is 3.15. The van der Waals surface area contributed by atoms with Crippen molar-refractivity contribution in [2.24, 2.45) is 0 Å². The van der Waals surface area contributed by atoms with Crippen molar-refractivity contribution in [3.8, 4) is 0 Å². The summed E-state index contributed by atoms with van der Waals surface area (Å²) in [6, 6.07) is 6.69. The van der Waals surface area contributed by atoms with E-state index >= 15 is 0 Å². The summed E-state index contributed by atoms with van der Waals surface area (Å²) in [7, 11) is -3.92. The molecule has 0 saturated heterocycles. The van der Waals surface area contributed by atoms with Crippen LogP contribution in [-0.4, -0.2) is 20.4 Å². The molecule has 0 radical (unpaired) electrons. The van der Waals surface area contributed by atoms with Crippen molar-refractivity contribution in [3.05, 3.63) is 56.0 Å². The van der Waals surface area contributed by atoms with E-state index in [1.54, 1.807) is 32.0 Å². The van der Waals surface area contributed by atoms with Crippen LogP contribution in [0.15, 0.2) is 35.2 Å². The average Bonchev–Trinajstić information content (AvgIpc) is 2.50. The summed E-state index contributed by atoms with van der Waals surface area (Å²) >= 11 is 24.0. The second-order valence-corrected chi connectivity index (χ2v) is 8.88. The van der Waals surface area contributed by atoms with E-state index in [9.17, 15) is 13.2 Å². The summed E-state index contributed by atoms with van der Waals surface area (Å²) in [5.41, 5.74) is 0.191. The molecule has 10 heteroatoms. The van der Waals surface area contributed by atoms with Crippen molar-refractivity contribution in [2.75, 3.05) is 5.32 Å². The predicted octanol–water partition coefficient (Wildman–Crippen LogP) is 5.24. The zero-order valence-electron chi connectivity index (χ0n) is 13.6. The van der Waals surface area contributed by atoms with Gasteiger partial charge in [-0.25, -0.2) is 13.1 Å². The molecule has 0 fully saturated rings. The number of sulfonamides is 1. The Balaban J connectivity index is 2.45. The first kappa shape index (κ1) is 21.3. The molecule has 2 rings (SSSR count). The first-order valence-corrected chi connectivity index (χ1v) is 10.3. The van der Waals surface area contributed by atoms with Crippen molar-refractivity contribution in [2.45, 2.75) is 24.8 Å². The smallest absolute Gasteiger partial charge is 0.257 e. The number of carbonyl (C=O) groups is 1. The van der Waals surface area contributed by atoms with Crippen molar-refractivity contribution in [3.63, 3.8) is 0 Å². The molecule has 1 amide bonds. The fourth-order valence-electron chi connectivity index (χ4n) is 2.07. The van der Waals surface area contributed by atoms with E-state index in [2.05, 4.69) is 10.0 Å². The Morgan fingerprint density at radius 3 is 2.27 bits per heavy atom. The number of carbonyl (C=O) groups excluding carboxylic acids is 1. The number of nitrogens with one attached hydrogen (secondary N) is 2. The standard InChI is InChI=1S/C16H14Cl4N2O3S/c1-8(2)22-26(24,25)14-6-9(11(18)7-12(14)19)16(23)21-13-5-3-4-10(17)15(13)20/h3-8,22H,1-2H3,(H,21,23). The highest BCUT2D eigenvalue weighted by molar-refractivity contribution is 7.89. The van der Waals surface area contributed by atoms with Gasteiger partial charge in [-0.3, -0.25) is 4.79 Å². The molecule has 0 aromatic heterocycles. The maximum Gasteiger partial charge on any atom is 0.257 e. The zero-order valence-corrected chi connectivity index (χ0v) is 17.4. The second kappa shape index (κ2) is 8.33.